The van der Waals surface area contributed by atoms with Gasteiger partial charge in [-0.05, 0) is 24.3 Å². The molecule has 1 N–H and O–H groups in total. The Bertz CT molecular complexity index is 689. The van der Waals surface area contributed by atoms with Crippen molar-refractivity contribution in [2.75, 3.05) is 18.6 Å². The number of rotatable bonds is 7. The second-order valence-electron chi connectivity index (χ2n) is 5.22. The van der Waals surface area contributed by atoms with Crippen LogP contribution in [-0.2, 0) is 16.1 Å². The van der Waals surface area contributed by atoms with Crippen LogP contribution in [0.5, 0.6) is 5.75 Å². The van der Waals surface area contributed by atoms with Crippen molar-refractivity contribution in [1.82, 2.24) is 10.3 Å². The van der Waals surface area contributed by atoms with Gasteiger partial charge >= 0.3 is 0 Å². The lowest BCUT2D eigenvalue weighted by molar-refractivity contribution is -0.121. The Morgan fingerprint density at radius 1 is 1.21 bits per heavy atom. The number of methoxy groups -OCH3 is 1. The van der Waals surface area contributed by atoms with Gasteiger partial charge in [0.25, 0.3) is 0 Å². The highest BCUT2D eigenvalue weighted by Gasteiger charge is 2.14. The lowest BCUT2D eigenvalue weighted by Crippen LogP contribution is -2.33. The van der Waals surface area contributed by atoms with E-state index >= 15 is 0 Å². The molecule has 0 saturated carbocycles. The van der Waals surface area contributed by atoms with Crippen molar-refractivity contribution in [3.8, 4) is 5.75 Å². The monoisotopic (exact) mass is 327 g/mol. The van der Waals surface area contributed by atoms with Crippen LogP contribution in [0.4, 0.5) is 5.69 Å². The number of hydrogen-bond donors (Lipinski definition) is 1. The number of hydrogen-bond acceptors (Lipinski definition) is 4. The second kappa shape index (κ2) is 8.67. The Kier molecular flexibility index (Phi) is 6.31. The molecule has 0 spiro atoms. The Hall–Kier alpha value is -2.89. The minimum Gasteiger partial charge on any atom is -0.497 e. The molecule has 1 heterocycles. The van der Waals surface area contributed by atoms with E-state index in [1.54, 1.807) is 30.3 Å². The maximum Gasteiger partial charge on any atom is 0.223 e. The van der Waals surface area contributed by atoms with Crippen LogP contribution >= 0.6 is 0 Å². The van der Waals surface area contributed by atoms with Crippen molar-refractivity contribution in [2.24, 2.45) is 0 Å². The highest BCUT2D eigenvalue weighted by molar-refractivity contribution is 5.92. The summed E-state index contributed by atoms with van der Waals surface area (Å²) in [5.41, 5.74) is 1.50. The first kappa shape index (κ1) is 17.5. The molecular weight excluding hydrogens is 306 g/mol. The Labute approximate surface area is 141 Å². The van der Waals surface area contributed by atoms with Crippen LogP contribution in [0.15, 0.2) is 48.7 Å². The third kappa shape index (κ3) is 5.08. The molecular formula is C18H21N3O3. The van der Waals surface area contributed by atoms with Gasteiger partial charge in [-0.3, -0.25) is 14.6 Å². The molecule has 1 aromatic heterocycles. The topological polar surface area (TPSA) is 71.5 Å². The van der Waals surface area contributed by atoms with Gasteiger partial charge in [-0.15, -0.1) is 0 Å². The van der Waals surface area contributed by atoms with Crippen LogP contribution in [-0.4, -0.2) is 30.5 Å². The van der Waals surface area contributed by atoms with Gasteiger partial charge in [0.1, 0.15) is 5.75 Å². The van der Waals surface area contributed by atoms with Crippen LogP contribution in [0.25, 0.3) is 0 Å². The second-order valence-corrected chi connectivity index (χ2v) is 5.22. The van der Waals surface area contributed by atoms with Gasteiger partial charge in [-0.1, -0.05) is 12.1 Å². The molecule has 24 heavy (non-hydrogen) atoms. The van der Waals surface area contributed by atoms with E-state index in [0.717, 1.165) is 5.69 Å². The summed E-state index contributed by atoms with van der Waals surface area (Å²) in [5, 5.41) is 2.80. The van der Waals surface area contributed by atoms with Crippen molar-refractivity contribution in [3.63, 3.8) is 0 Å². The summed E-state index contributed by atoms with van der Waals surface area (Å²) >= 11 is 0. The number of nitrogens with one attached hydrogen (secondary N) is 1. The maximum absolute atomic E-state index is 12.0. The summed E-state index contributed by atoms with van der Waals surface area (Å²) in [6.07, 6.45) is 1.89. The largest absolute Gasteiger partial charge is 0.497 e. The van der Waals surface area contributed by atoms with Gasteiger partial charge in [-0.25, -0.2) is 0 Å². The van der Waals surface area contributed by atoms with Gasteiger partial charge in [0.2, 0.25) is 11.8 Å². The minimum absolute atomic E-state index is 0.124. The average Bonchev–Trinajstić information content (AvgIpc) is 2.61. The first-order chi connectivity index (χ1) is 11.6. The highest BCUT2D eigenvalue weighted by atomic mass is 16.5. The number of carbonyl (C=O) groups excluding carboxylic acids is 2. The lowest BCUT2D eigenvalue weighted by Gasteiger charge is -2.21. The average molecular weight is 327 g/mol. The molecule has 0 aliphatic carbocycles. The summed E-state index contributed by atoms with van der Waals surface area (Å²) in [7, 11) is 1.57. The first-order valence-electron chi connectivity index (χ1n) is 7.69. The number of ether oxygens (including phenoxy) is 1. The van der Waals surface area contributed by atoms with Gasteiger partial charge in [0.05, 0.1) is 19.3 Å². The molecule has 0 radical (unpaired) electrons. The van der Waals surface area contributed by atoms with Gasteiger partial charge in [0.15, 0.2) is 0 Å². The fourth-order valence-electron chi connectivity index (χ4n) is 2.24. The summed E-state index contributed by atoms with van der Waals surface area (Å²) in [6, 6.07) is 12.7. The molecule has 2 rings (SSSR count). The fourth-order valence-corrected chi connectivity index (χ4v) is 2.24. The Morgan fingerprint density at radius 3 is 2.71 bits per heavy atom. The quantitative estimate of drug-likeness (QED) is 0.846. The van der Waals surface area contributed by atoms with Crippen molar-refractivity contribution >= 4 is 17.5 Å². The van der Waals surface area contributed by atoms with E-state index in [1.165, 1.54) is 6.92 Å². The Morgan fingerprint density at radius 2 is 2.04 bits per heavy atom. The van der Waals surface area contributed by atoms with Gasteiger partial charge in [0, 0.05) is 37.8 Å². The van der Waals surface area contributed by atoms with Crippen molar-refractivity contribution in [1.29, 1.82) is 0 Å². The number of carbonyl (C=O) groups is 2. The van der Waals surface area contributed by atoms with E-state index in [2.05, 4.69) is 10.3 Å². The normalized spacial score (nSPS) is 10.1. The molecule has 126 valence electrons. The number of aromatic nitrogens is 1. The van der Waals surface area contributed by atoms with Gasteiger partial charge < -0.3 is 15.0 Å². The Balaban J connectivity index is 1.91. The molecule has 1 aromatic carbocycles. The number of anilines is 1. The standard InChI is InChI=1S/C18H21N3O3/c1-14(22)21(16-7-5-8-17(12-16)24-2)11-9-18(23)20-13-15-6-3-4-10-19-15/h3-8,10,12H,9,11,13H2,1-2H3,(H,20,23). The minimum atomic E-state index is -0.130. The predicted octanol–water partition coefficient (Wildman–Crippen LogP) is 2.15. The third-order valence-corrected chi connectivity index (χ3v) is 3.50. The van der Waals surface area contributed by atoms with Crippen LogP contribution in [0.3, 0.4) is 0 Å². The zero-order valence-corrected chi connectivity index (χ0v) is 13.9. The van der Waals surface area contributed by atoms with Crippen molar-refractivity contribution < 1.29 is 14.3 Å². The molecule has 0 unspecified atom stereocenters. The lowest BCUT2D eigenvalue weighted by atomic mass is 10.2. The summed E-state index contributed by atoms with van der Waals surface area (Å²) in [5.74, 6) is 0.411. The van der Waals surface area contributed by atoms with E-state index in [-0.39, 0.29) is 18.2 Å². The molecule has 0 atom stereocenters. The zero-order valence-electron chi connectivity index (χ0n) is 13.9. The number of amides is 2. The smallest absolute Gasteiger partial charge is 0.223 e. The van der Waals surface area contributed by atoms with Crippen LogP contribution < -0.4 is 15.0 Å². The fraction of sp³-hybridized carbons (Fsp3) is 0.278. The van der Waals surface area contributed by atoms with E-state index in [4.69, 9.17) is 4.74 Å². The third-order valence-electron chi connectivity index (χ3n) is 3.50. The summed E-state index contributed by atoms with van der Waals surface area (Å²) in [6.45, 7) is 2.15. The van der Waals surface area contributed by atoms with E-state index < -0.39 is 0 Å². The molecule has 2 aromatic rings. The molecule has 6 nitrogen and oxygen atoms in total. The molecule has 0 saturated heterocycles. The molecule has 2 amide bonds. The molecule has 0 fully saturated rings. The van der Waals surface area contributed by atoms with Crippen LogP contribution in [0.1, 0.15) is 19.0 Å². The molecule has 0 aliphatic heterocycles. The van der Waals surface area contributed by atoms with Gasteiger partial charge in [-0.2, -0.15) is 0 Å². The number of benzene rings is 1. The first-order valence-corrected chi connectivity index (χ1v) is 7.69. The highest BCUT2D eigenvalue weighted by Crippen LogP contribution is 2.21. The molecule has 6 heteroatoms. The van der Waals surface area contributed by atoms with E-state index in [0.29, 0.717) is 24.5 Å². The summed E-state index contributed by atoms with van der Waals surface area (Å²) in [4.78, 5) is 29.6. The van der Waals surface area contributed by atoms with Crippen LogP contribution in [0, 0.1) is 0 Å². The SMILES string of the molecule is COc1cccc(N(CCC(=O)NCc2ccccn2)C(C)=O)c1. The molecule has 0 aliphatic rings. The zero-order chi connectivity index (χ0) is 17.4. The summed E-state index contributed by atoms with van der Waals surface area (Å²) < 4.78 is 5.17. The predicted molar refractivity (Wildman–Crippen MR) is 91.7 cm³/mol. The van der Waals surface area contributed by atoms with Crippen LogP contribution in [0.2, 0.25) is 0 Å². The maximum atomic E-state index is 12.0. The van der Waals surface area contributed by atoms with E-state index in [1.807, 2.05) is 30.3 Å². The van der Waals surface area contributed by atoms with E-state index in [9.17, 15) is 9.59 Å². The number of nitrogens with zero attached hydrogens (tertiary/aromatic N) is 2. The van der Waals surface area contributed by atoms with Crippen molar-refractivity contribution in [3.05, 3.63) is 54.4 Å². The number of pyridine rings is 1. The van der Waals surface area contributed by atoms with Crippen molar-refractivity contribution in [2.45, 2.75) is 19.9 Å². The molecule has 0 bridgehead atoms.